The Hall–Kier alpha value is -2.83. The lowest BCUT2D eigenvalue weighted by Gasteiger charge is -2.07. The van der Waals surface area contributed by atoms with Gasteiger partial charge in [-0.3, -0.25) is 4.79 Å². The molecule has 1 amide bonds. The fraction of sp³-hybridized carbons (Fsp3) is 0.353. The van der Waals surface area contributed by atoms with Gasteiger partial charge in [0.1, 0.15) is 11.5 Å². The van der Waals surface area contributed by atoms with Crippen LogP contribution in [0.4, 0.5) is 5.69 Å². The van der Waals surface area contributed by atoms with Gasteiger partial charge in [0.2, 0.25) is 0 Å². The molecular formula is C17H18N2O5. The number of carboxylic acids is 1. The van der Waals surface area contributed by atoms with E-state index >= 15 is 0 Å². The fourth-order valence-electron chi connectivity index (χ4n) is 2.74. The third-order valence-electron chi connectivity index (χ3n) is 3.87. The highest BCUT2D eigenvalue weighted by Gasteiger charge is 2.23. The molecule has 0 aliphatic heterocycles. The summed E-state index contributed by atoms with van der Waals surface area (Å²) in [6.07, 6.45) is 4.80. The Kier molecular flexibility index (Phi) is 4.79. The number of rotatable bonds is 5. The van der Waals surface area contributed by atoms with E-state index in [9.17, 15) is 9.59 Å². The van der Waals surface area contributed by atoms with Gasteiger partial charge in [-0.25, -0.2) is 4.79 Å². The third-order valence-corrected chi connectivity index (χ3v) is 3.87. The van der Waals surface area contributed by atoms with Crippen molar-refractivity contribution in [3.63, 3.8) is 0 Å². The van der Waals surface area contributed by atoms with E-state index in [1.165, 1.54) is 0 Å². The van der Waals surface area contributed by atoms with E-state index in [2.05, 4.69) is 10.5 Å². The molecule has 126 valence electrons. The lowest BCUT2D eigenvalue weighted by molar-refractivity contribution is -0.139. The van der Waals surface area contributed by atoms with Crippen LogP contribution < -0.4 is 10.1 Å². The first kappa shape index (κ1) is 16.0. The number of amides is 1. The zero-order valence-corrected chi connectivity index (χ0v) is 13.1. The van der Waals surface area contributed by atoms with Crippen molar-refractivity contribution >= 4 is 17.6 Å². The van der Waals surface area contributed by atoms with Crippen molar-refractivity contribution in [2.75, 3.05) is 11.9 Å². The number of aliphatic carboxylic acids is 1. The zero-order chi connectivity index (χ0) is 16.9. The van der Waals surface area contributed by atoms with Gasteiger partial charge in [0, 0.05) is 23.7 Å². The van der Waals surface area contributed by atoms with Crippen molar-refractivity contribution in [3.8, 4) is 5.75 Å². The maximum atomic E-state index is 12.5. The van der Waals surface area contributed by atoms with E-state index in [4.69, 9.17) is 14.4 Å². The number of benzene rings is 1. The van der Waals surface area contributed by atoms with Gasteiger partial charge >= 0.3 is 5.97 Å². The number of fused-ring (bicyclic) bond motifs is 1. The number of hydrogen-bond acceptors (Lipinski definition) is 5. The number of nitrogens with one attached hydrogen (secondary N) is 1. The van der Waals surface area contributed by atoms with Crippen LogP contribution in [0, 0.1) is 0 Å². The molecule has 0 fully saturated rings. The Morgan fingerprint density at radius 2 is 2.08 bits per heavy atom. The van der Waals surface area contributed by atoms with E-state index in [1.807, 2.05) is 0 Å². The molecule has 7 nitrogen and oxygen atoms in total. The highest BCUT2D eigenvalue weighted by molar-refractivity contribution is 6.04. The number of nitrogens with zero attached hydrogens (tertiary/aromatic N) is 1. The van der Waals surface area contributed by atoms with Crippen LogP contribution in [0.2, 0.25) is 0 Å². The predicted molar refractivity (Wildman–Crippen MR) is 85.3 cm³/mol. The Balaban J connectivity index is 1.72. The summed E-state index contributed by atoms with van der Waals surface area (Å²) in [6, 6.07) is 6.57. The monoisotopic (exact) mass is 330 g/mol. The number of hydrogen-bond donors (Lipinski definition) is 2. The van der Waals surface area contributed by atoms with E-state index in [0.717, 1.165) is 43.4 Å². The fourth-order valence-corrected chi connectivity index (χ4v) is 2.74. The standard InChI is InChI=1S/C17H18N2O5/c20-15(21)10-23-12-6-4-5-11(9-12)18-17(22)16-13-7-2-1-3-8-14(13)24-19-16/h4-6,9H,1-3,7-8,10H2,(H,18,22)(H,20,21). The topological polar surface area (TPSA) is 102 Å². The highest BCUT2D eigenvalue weighted by atomic mass is 16.5. The summed E-state index contributed by atoms with van der Waals surface area (Å²) in [6.45, 7) is -0.436. The van der Waals surface area contributed by atoms with E-state index < -0.39 is 12.6 Å². The maximum Gasteiger partial charge on any atom is 0.341 e. The minimum absolute atomic E-state index is 0.323. The second-order valence-electron chi connectivity index (χ2n) is 5.66. The molecule has 1 aliphatic carbocycles. The molecule has 0 saturated carbocycles. The third kappa shape index (κ3) is 3.73. The molecular weight excluding hydrogens is 312 g/mol. The molecule has 3 rings (SSSR count). The van der Waals surface area contributed by atoms with Gasteiger partial charge in [-0.1, -0.05) is 17.6 Å². The second-order valence-corrected chi connectivity index (χ2v) is 5.66. The normalized spacial score (nSPS) is 13.7. The molecule has 24 heavy (non-hydrogen) atoms. The van der Waals surface area contributed by atoms with Gasteiger partial charge in [-0.2, -0.15) is 0 Å². The number of aromatic nitrogens is 1. The predicted octanol–water partition coefficient (Wildman–Crippen LogP) is 2.66. The van der Waals surface area contributed by atoms with Crippen LogP contribution in [0.3, 0.4) is 0 Å². The van der Waals surface area contributed by atoms with Gasteiger partial charge < -0.3 is 19.7 Å². The molecule has 0 radical (unpaired) electrons. The zero-order valence-electron chi connectivity index (χ0n) is 13.1. The number of anilines is 1. The van der Waals surface area contributed by atoms with Gasteiger partial charge in [-0.15, -0.1) is 0 Å². The van der Waals surface area contributed by atoms with E-state index in [1.54, 1.807) is 24.3 Å². The summed E-state index contributed by atoms with van der Waals surface area (Å²) in [5.74, 6) is -0.225. The molecule has 0 saturated heterocycles. The van der Waals surface area contributed by atoms with Crippen LogP contribution in [0.5, 0.6) is 5.75 Å². The van der Waals surface area contributed by atoms with Gasteiger partial charge in [0.25, 0.3) is 5.91 Å². The minimum Gasteiger partial charge on any atom is -0.482 e. The molecule has 1 heterocycles. The number of carbonyl (C=O) groups excluding carboxylic acids is 1. The first-order valence-electron chi connectivity index (χ1n) is 7.87. The summed E-state index contributed by atoms with van der Waals surface area (Å²) in [5.41, 5.74) is 1.72. The SMILES string of the molecule is O=C(O)COc1cccc(NC(=O)c2noc3c2CCCCC3)c1. The van der Waals surface area contributed by atoms with Crippen LogP contribution in [0.15, 0.2) is 28.8 Å². The average molecular weight is 330 g/mol. The van der Waals surface area contributed by atoms with Crippen LogP contribution in [0.1, 0.15) is 41.1 Å². The molecule has 1 aromatic carbocycles. The number of aryl methyl sites for hydroxylation is 1. The molecule has 0 bridgehead atoms. The maximum absolute atomic E-state index is 12.5. The van der Waals surface area contributed by atoms with Gasteiger partial charge in [0.05, 0.1) is 0 Å². The van der Waals surface area contributed by atoms with E-state index in [-0.39, 0.29) is 5.91 Å². The van der Waals surface area contributed by atoms with Crippen LogP contribution in [0.25, 0.3) is 0 Å². The molecule has 0 unspecified atom stereocenters. The summed E-state index contributed by atoms with van der Waals surface area (Å²) < 4.78 is 10.4. The van der Waals surface area contributed by atoms with Crippen LogP contribution in [-0.4, -0.2) is 28.7 Å². The van der Waals surface area contributed by atoms with Crippen molar-refractivity contribution in [1.29, 1.82) is 0 Å². The lowest BCUT2D eigenvalue weighted by Crippen LogP contribution is -2.15. The Bertz CT molecular complexity index is 753. The first-order chi connectivity index (χ1) is 11.6. The quantitative estimate of drug-likeness (QED) is 0.817. The van der Waals surface area contributed by atoms with E-state index in [0.29, 0.717) is 17.1 Å². The number of carboxylic acid groups (broad SMARTS) is 1. The van der Waals surface area contributed by atoms with Crippen molar-refractivity contribution in [1.82, 2.24) is 5.16 Å². The molecule has 0 atom stereocenters. The summed E-state index contributed by atoms with van der Waals surface area (Å²) >= 11 is 0. The number of carbonyl (C=O) groups is 2. The van der Waals surface area contributed by atoms with Gasteiger partial charge in [0.15, 0.2) is 12.3 Å². The molecule has 2 N–H and O–H groups in total. The van der Waals surface area contributed by atoms with Crippen LogP contribution >= 0.6 is 0 Å². The van der Waals surface area contributed by atoms with Gasteiger partial charge in [-0.05, 0) is 31.4 Å². The average Bonchev–Trinajstić information content (AvgIpc) is 2.82. The van der Waals surface area contributed by atoms with Crippen molar-refractivity contribution in [2.24, 2.45) is 0 Å². The largest absolute Gasteiger partial charge is 0.482 e. The van der Waals surface area contributed by atoms with Crippen LogP contribution in [-0.2, 0) is 17.6 Å². The molecule has 0 spiro atoms. The molecule has 1 aliphatic rings. The van der Waals surface area contributed by atoms with Crippen molar-refractivity contribution < 1.29 is 24.0 Å². The van der Waals surface area contributed by atoms with Crippen molar-refractivity contribution in [2.45, 2.75) is 32.1 Å². The highest BCUT2D eigenvalue weighted by Crippen LogP contribution is 2.25. The number of ether oxygens (including phenoxy) is 1. The Morgan fingerprint density at radius 1 is 1.25 bits per heavy atom. The molecule has 1 aromatic heterocycles. The molecule has 7 heteroatoms. The van der Waals surface area contributed by atoms with Crippen molar-refractivity contribution in [3.05, 3.63) is 41.3 Å². The Morgan fingerprint density at radius 3 is 2.92 bits per heavy atom. The Labute approximate surface area is 138 Å². The smallest absolute Gasteiger partial charge is 0.341 e. The first-order valence-corrected chi connectivity index (χ1v) is 7.87. The second kappa shape index (κ2) is 7.16. The minimum atomic E-state index is -1.06. The summed E-state index contributed by atoms with van der Waals surface area (Å²) in [5, 5.41) is 15.3. The molecule has 2 aromatic rings. The lowest BCUT2D eigenvalue weighted by atomic mass is 10.1. The summed E-state index contributed by atoms with van der Waals surface area (Å²) in [7, 11) is 0. The summed E-state index contributed by atoms with van der Waals surface area (Å²) in [4.78, 5) is 23.0.